The van der Waals surface area contributed by atoms with Crippen LogP contribution in [0.1, 0.15) is 42.0 Å². The second kappa shape index (κ2) is 11.0. The van der Waals surface area contributed by atoms with Crippen LogP contribution in [0.3, 0.4) is 0 Å². The van der Waals surface area contributed by atoms with Crippen LogP contribution in [0.2, 0.25) is 0 Å². The number of benzene rings is 2. The fraction of sp³-hybridized carbons (Fsp3) is 0.444. The number of carbonyl (C=O) groups is 2. The molecule has 2 aromatic carbocycles. The predicted molar refractivity (Wildman–Crippen MR) is 147 cm³/mol. The summed E-state index contributed by atoms with van der Waals surface area (Å²) in [5, 5.41) is 1.87. The van der Waals surface area contributed by atoms with E-state index in [4.69, 9.17) is 5.73 Å². The number of amidine groups is 1. The van der Waals surface area contributed by atoms with Gasteiger partial charge in [-0.25, -0.2) is 17.5 Å². The number of halogens is 3. The number of hydrogen-bond acceptors (Lipinski definition) is 6. The van der Waals surface area contributed by atoms with Crippen molar-refractivity contribution in [2.24, 2.45) is 10.7 Å². The number of primary amides is 1. The van der Waals surface area contributed by atoms with Crippen molar-refractivity contribution in [2.45, 2.75) is 57.2 Å². The van der Waals surface area contributed by atoms with Crippen molar-refractivity contribution < 1.29 is 35.9 Å². The van der Waals surface area contributed by atoms with Crippen LogP contribution in [0.4, 0.5) is 23.7 Å². The van der Waals surface area contributed by atoms with Crippen LogP contribution in [0.25, 0.3) is 0 Å². The number of piperidine rings is 1. The van der Waals surface area contributed by atoms with E-state index < -0.39 is 44.9 Å². The molecule has 222 valence electrons. The minimum absolute atomic E-state index is 0.0639. The van der Waals surface area contributed by atoms with Crippen LogP contribution in [-0.4, -0.2) is 67.8 Å². The lowest BCUT2D eigenvalue weighted by atomic mass is 9.89. The third-order valence-corrected chi connectivity index (χ3v) is 9.90. The summed E-state index contributed by atoms with van der Waals surface area (Å²) in [7, 11) is -2.18. The van der Waals surface area contributed by atoms with Gasteiger partial charge in [-0.1, -0.05) is 12.1 Å². The smallest absolute Gasteiger partial charge is 0.406 e. The van der Waals surface area contributed by atoms with Gasteiger partial charge < -0.3 is 15.8 Å². The van der Waals surface area contributed by atoms with E-state index in [0.29, 0.717) is 5.69 Å². The van der Waals surface area contributed by atoms with Gasteiger partial charge >= 0.3 is 12.4 Å². The minimum atomic E-state index is -4.86. The maximum atomic E-state index is 13.5. The second-order valence-corrected chi connectivity index (χ2v) is 12.8. The standard InChI is InChI=1S/C27H32F3N5O5S/c1-16-12-20(34(4)25(31)37)13-17(2)22(16)14-18(3)41(38,39)35-10-8-26(9-11-35)24(36)32-23(33-26)19-6-5-7-21(15-19)40-27(28,29)30/h5-7,12-13,15,18H,8-11,14H2,1-4H3,(H2,31,37)(H,32,33,36). The first kappa shape index (κ1) is 30.3. The van der Waals surface area contributed by atoms with Gasteiger partial charge in [-0.2, -0.15) is 0 Å². The highest BCUT2D eigenvalue weighted by Gasteiger charge is 2.48. The number of carbonyl (C=O) groups excluding carboxylic acids is 2. The number of amides is 3. The van der Waals surface area contributed by atoms with Crippen LogP contribution >= 0.6 is 0 Å². The molecule has 1 spiro atoms. The van der Waals surface area contributed by atoms with Gasteiger partial charge in [0.05, 0.1) is 5.25 Å². The van der Waals surface area contributed by atoms with Crippen molar-refractivity contribution in [3.63, 3.8) is 0 Å². The molecule has 4 rings (SSSR count). The van der Waals surface area contributed by atoms with Gasteiger partial charge in [0.25, 0.3) is 5.91 Å². The minimum Gasteiger partial charge on any atom is -0.406 e. The SMILES string of the molecule is Cc1cc(N(C)C(N)=O)cc(C)c1CC(C)S(=O)(=O)N1CCC2(CC1)N=C(c1cccc(OC(F)(F)F)c1)NC2=O. The van der Waals surface area contributed by atoms with E-state index in [0.717, 1.165) is 28.8 Å². The number of aryl methyl sites for hydroxylation is 2. The van der Waals surface area contributed by atoms with Crippen molar-refractivity contribution in [1.29, 1.82) is 0 Å². The Morgan fingerprint density at radius 1 is 1.20 bits per heavy atom. The zero-order chi connectivity index (χ0) is 30.3. The summed E-state index contributed by atoms with van der Waals surface area (Å²) >= 11 is 0. The van der Waals surface area contributed by atoms with Crippen molar-refractivity contribution in [3.8, 4) is 5.75 Å². The summed E-state index contributed by atoms with van der Waals surface area (Å²) in [6, 6.07) is 8.12. The molecule has 41 heavy (non-hydrogen) atoms. The average Bonchev–Trinajstić information content (AvgIpc) is 3.20. The first-order chi connectivity index (χ1) is 19.0. The van der Waals surface area contributed by atoms with Gasteiger partial charge in [-0.3, -0.25) is 14.7 Å². The molecule has 1 fully saturated rings. The molecule has 1 saturated heterocycles. The lowest BCUT2D eigenvalue weighted by Gasteiger charge is -2.36. The molecule has 1 atom stereocenters. The molecule has 0 aromatic heterocycles. The Morgan fingerprint density at radius 3 is 2.37 bits per heavy atom. The van der Waals surface area contributed by atoms with Gasteiger partial charge in [-0.15, -0.1) is 13.2 Å². The number of urea groups is 1. The van der Waals surface area contributed by atoms with E-state index >= 15 is 0 Å². The number of alkyl halides is 3. The molecule has 3 amide bonds. The van der Waals surface area contributed by atoms with Crippen LogP contribution in [-0.2, 0) is 21.2 Å². The normalized spacial score (nSPS) is 18.1. The molecule has 2 heterocycles. The van der Waals surface area contributed by atoms with Crippen LogP contribution < -0.4 is 20.7 Å². The summed E-state index contributed by atoms with van der Waals surface area (Å²) in [4.78, 5) is 30.3. The predicted octanol–water partition coefficient (Wildman–Crippen LogP) is 3.39. The number of nitrogens with two attached hydrogens (primary N) is 1. The Hall–Kier alpha value is -3.65. The number of ether oxygens (including phenoxy) is 1. The molecule has 1 unspecified atom stereocenters. The topological polar surface area (TPSA) is 134 Å². The number of aliphatic imine (C=N–C) groups is 1. The van der Waals surface area contributed by atoms with E-state index in [-0.39, 0.29) is 43.8 Å². The lowest BCUT2D eigenvalue weighted by Crippen LogP contribution is -2.52. The lowest BCUT2D eigenvalue weighted by molar-refractivity contribution is -0.274. The van der Waals surface area contributed by atoms with Gasteiger partial charge in [0, 0.05) is 31.4 Å². The molecule has 2 aliphatic heterocycles. The molecule has 3 N–H and O–H groups in total. The molecule has 2 aromatic rings. The van der Waals surface area contributed by atoms with Gasteiger partial charge in [0.2, 0.25) is 10.0 Å². The molecule has 0 radical (unpaired) electrons. The van der Waals surface area contributed by atoms with Crippen molar-refractivity contribution in [1.82, 2.24) is 9.62 Å². The first-order valence-corrected chi connectivity index (χ1v) is 14.4. The van der Waals surface area contributed by atoms with Crippen molar-refractivity contribution in [2.75, 3.05) is 25.0 Å². The van der Waals surface area contributed by atoms with Gasteiger partial charge in [-0.05, 0) is 81.0 Å². The molecule has 14 heteroatoms. The number of nitrogens with zero attached hydrogens (tertiary/aromatic N) is 3. The number of hydrogen-bond donors (Lipinski definition) is 2. The summed E-state index contributed by atoms with van der Waals surface area (Å²) in [6.07, 6.45) is -4.36. The molecular weight excluding hydrogens is 563 g/mol. The molecule has 0 aliphatic carbocycles. The van der Waals surface area contributed by atoms with Gasteiger partial charge in [0.15, 0.2) is 0 Å². The average molecular weight is 596 g/mol. The van der Waals surface area contributed by atoms with E-state index in [1.165, 1.54) is 21.3 Å². The van der Waals surface area contributed by atoms with Crippen molar-refractivity contribution in [3.05, 3.63) is 58.7 Å². The summed E-state index contributed by atoms with van der Waals surface area (Å²) in [5.41, 5.74) is 7.55. The number of anilines is 1. The van der Waals surface area contributed by atoms with Crippen LogP contribution in [0.15, 0.2) is 41.4 Å². The maximum absolute atomic E-state index is 13.5. The monoisotopic (exact) mass is 595 g/mol. The fourth-order valence-corrected chi connectivity index (χ4v) is 6.78. The molecule has 2 aliphatic rings. The van der Waals surface area contributed by atoms with Crippen molar-refractivity contribution >= 4 is 33.5 Å². The van der Waals surface area contributed by atoms with E-state index in [2.05, 4.69) is 15.0 Å². The number of sulfonamides is 1. The Morgan fingerprint density at radius 2 is 1.80 bits per heavy atom. The number of nitrogens with one attached hydrogen (secondary N) is 1. The highest BCUT2D eigenvalue weighted by molar-refractivity contribution is 7.89. The molecular formula is C27H32F3N5O5S. The van der Waals surface area contributed by atoms with E-state index in [1.807, 2.05) is 13.8 Å². The van der Waals surface area contributed by atoms with E-state index in [1.54, 1.807) is 26.1 Å². The Labute approximate surface area is 236 Å². The summed E-state index contributed by atoms with van der Waals surface area (Å²) in [6.45, 7) is 5.47. The van der Waals surface area contributed by atoms with E-state index in [9.17, 15) is 31.2 Å². The Kier molecular flexibility index (Phi) is 8.11. The van der Waals surface area contributed by atoms with Crippen LogP contribution in [0, 0.1) is 13.8 Å². The van der Waals surface area contributed by atoms with Gasteiger partial charge in [0.1, 0.15) is 17.1 Å². The quantitative estimate of drug-likeness (QED) is 0.506. The Bertz CT molecular complexity index is 1480. The Balaban J connectivity index is 1.46. The highest BCUT2D eigenvalue weighted by atomic mass is 32.2. The number of rotatable bonds is 7. The fourth-order valence-electron chi connectivity index (χ4n) is 5.20. The summed E-state index contributed by atoms with van der Waals surface area (Å²) < 4.78 is 70.2. The maximum Gasteiger partial charge on any atom is 0.573 e. The summed E-state index contributed by atoms with van der Waals surface area (Å²) in [5.74, 6) is -0.751. The largest absolute Gasteiger partial charge is 0.573 e. The highest BCUT2D eigenvalue weighted by Crippen LogP contribution is 2.34. The second-order valence-electron chi connectivity index (χ2n) is 10.4. The first-order valence-electron chi connectivity index (χ1n) is 12.9. The third kappa shape index (κ3) is 6.32. The van der Waals surface area contributed by atoms with Crippen LogP contribution in [0.5, 0.6) is 5.75 Å². The third-order valence-electron chi connectivity index (χ3n) is 7.63. The molecule has 10 nitrogen and oxygen atoms in total. The molecule has 0 bridgehead atoms. The molecule has 0 saturated carbocycles. The zero-order valence-corrected chi connectivity index (χ0v) is 23.9. The zero-order valence-electron chi connectivity index (χ0n) is 23.1.